The Labute approximate surface area is 122 Å². The summed E-state index contributed by atoms with van der Waals surface area (Å²) < 4.78 is 5.31. The first-order valence-electron chi connectivity index (χ1n) is 6.38. The van der Waals surface area contributed by atoms with Crippen molar-refractivity contribution in [1.82, 2.24) is 0 Å². The van der Waals surface area contributed by atoms with Gasteiger partial charge in [-0.2, -0.15) is 0 Å². The van der Waals surface area contributed by atoms with E-state index >= 15 is 0 Å². The molecule has 0 bridgehead atoms. The Morgan fingerprint density at radius 2 is 1.86 bits per heavy atom. The van der Waals surface area contributed by atoms with Crippen LogP contribution in [-0.2, 0) is 4.79 Å². The number of para-hydroxylation sites is 1. The quantitative estimate of drug-likeness (QED) is 0.885. The molecular weight excluding hydrogens is 270 g/mol. The number of carboxylic acids is 1. The zero-order chi connectivity index (χ0) is 15.2. The topological polar surface area (TPSA) is 75.6 Å². The first-order chi connectivity index (χ1) is 10.1. The van der Waals surface area contributed by atoms with Gasteiger partial charge in [-0.25, -0.2) is 4.79 Å². The molecular formula is C16H15NO4. The number of carbonyl (C=O) groups excluding carboxylic acids is 1. The molecule has 0 aromatic heterocycles. The molecule has 2 rings (SSSR count). The fourth-order valence-corrected chi connectivity index (χ4v) is 1.79. The molecule has 0 atom stereocenters. The largest absolute Gasteiger partial charge is 0.484 e. The van der Waals surface area contributed by atoms with E-state index in [2.05, 4.69) is 5.32 Å². The van der Waals surface area contributed by atoms with Crippen LogP contribution in [0.1, 0.15) is 15.9 Å². The molecule has 2 N–H and O–H groups in total. The molecule has 0 saturated carbocycles. The van der Waals surface area contributed by atoms with Gasteiger partial charge in [0.25, 0.3) is 5.91 Å². The lowest BCUT2D eigenvalue weighted by Gasteiger charge is -2.09. The monoisotopic (exact) mass is 285 g/mol. The second-order valence-corrected chi connectivity index (χ2v) is 4.48. The molecule has 0 saturated heterocycles. The summed E-state index contributed by atoms with van der Waals surface area (Å²) in [4.78, 5) is 22.8. The van der Waals surface area contributed by atoms with E-state index in [1.165, 1.54) is 6.07 Å². The second kappa shape index (κ2) is 6.56. The fourth-order valence-electron chi connectivity index (χ4n) is 1.79. The number of carbonyl (C=O) groups is 2. The third-order valence-corrected chi connectivity index (χ3v) is 2.86. The number of carboxylic acid groups (broad SMARTS) is 1. The molecule has 5 heteroatoms. The van der Waals surface area contributed by atoms with Gasteiger partial charge in [-0.3, -0.25) is 4.79 Å². The predicted molar refractivity (Wildman–Crippen MR) is 78.7 cm³/mol. The smallest absolute Gasteiger partial charge is 0.336 e. The lowest BCUT2D eigenvalue weighted by atomic mass is 10.1. The van der Waals surface area contributed by atoms with Crippen molar-refractivity contribution in [3.63, 3.8) is 0 Å². The minimum atomic E-state index is -1.02. The Hall–Kier alpha value is -2.82. The van der Waals surface area contributed by atoms with E-state index in [-0.39, 0.29) is 18.1 Å². The maximum Gasteiger partial charge on any atom is 0.336 e. The molecule has 5 nitrogen and oxygen atoms in total. The summed E-state index contributed by atoms with van der Waals surface area (Å²) in [5.74, 6) is -0.772. The van der Waals surface area contributed by atoms with Gasteiger partial charge in [0.1, 0.15) is 5.75 Å². The highest BCUT2D eigenvalue weighted by atomic mass is 16.5. The van der Waals surface area contributed by atoms with E-state index < -0.39 is 5.97 Å². The Balaban J connectivity index is 1.97. The number of benzene rings is 2. The molecule has 0 heterocycles. The zero-order valence-corrected chi connectivity index (χ0v) is 11.5. The number of ether oxygens (including phenoxy) is 1. The van der Waals surface area contributed by atoms with Crippen molar-refractivity contribution >= 4 is 17.6 Å². The summed E-state index contributed by atoms with van der Waals surface area (Å²) in [5.41, 5.74) is 1.23. The molecule has 2 aromatic rings. The Kier molecular flexibility index (Phi) is 4.56. The van der Waals surface area contributed by atoms with Crippen LogP contribution in [0.25, 0.3) is 0 Å². The van der Waals surface area contributed by atoms with Crippen LogP contribution in [0.2, 0.25) is 0 Å². The summed E-state index contributed by atoms with van der Waals surface area (Å²) in [6.07, 6.45) is 0. The van der Waals surface area contributed by atoms with Crippen LogP contribution in [0.3, 0.4) is 0 Å². The minimum Gasteiger partial charge on any atom is -0.484 e. The fraction of sp³-hybridized carbons (Fsp3) is 0.125. The normalized spacial score (nSPS) is 9.95. The van der Waals surface area contributed by atoms with Gasteiger partial charge in [-0.05, 0) is 36.8 Å². The van der Waals surface area contributed by atoms with Gasteiger partial charge in [0.2, 0.25) is 0 Å². The Morgan fingerprint density at radius 1 is 1.14 bits per heavy atom. The molecule has 0 aliphatic carbocycles. The molecule has 0 spiro atoms. The minimum absolute atomic E-state index is 0.139. The van der Waals surface area contributed by atoms with E-state index in [1.807, 2.05) is 18.2 Å². The van der Waals surface area contributed by atoms with Crippen molar-refractivity contribution in [2.24, 2.45) is 0 Å². The lowest BCUT2D eigenvalue weighted by Crippen LogP contribution is -2.20. The van der Waals surface area contributed by atoms with Gasteiger partial charge in [0.05, 0.1) is 5.56 Å². The number of anilines is 1. The van der Waals surface area contributed by atoms with Crippen LogP contribution in [0, 0.1) is 6.92 Å². The van der Waals surface area contributed by atoms with E-state index in [9.17, 15) is 9.59 Å². The van der Waals surface area contributed by atoms with Crippen molar-refractivity contribution in [2.75, 3.05) is 11.9 Å². The number of aryl methyl sites for hydroxylation is 1. The van der Waals surface area contributed by atoms with E-state index in [4.69, 9.17) is 9.84 Å². The van der Waals surface area contributed by atoms with E-state index in [0.29, 0.717) is 17.0 Å². The highest BCUT2D eigenvalue weighted by Gasteiger charge is 2.10. The summed E-state index contributed by atoms with van der Waals surface area (Å²) in [6.45, 7) is 1.56. The van der Waals surface area contributed by atoms with Crippen molar-refractivity contribution in [2.45, 2.75) is 6.92 Å². The number of rotatable bonds is 5. The number of amides is 1. The number of hydrogen-bond donors (Lipinski definition) is 2. The second-order valence-electron chi connectivity index (χ2n) is 4.48. The summed E-state index contributed by atoms with van der Waals surface area (Å²) in [7, 11) is 0. The molecule has 0 radical (unpaired) electrons. The average Bonchev–Trinajstić information content (AvgIpc) is 2.48. The Bertz CT molecular complexity index is 653. The molecule has 1 amide bonds. The molecule has 0 aliphatic rings. The van der Waals surface area contributed by atoms with Crippen molar-refractivity contribution < 1.29 is 19.4 Å². The van der Waals surface area contributed by atoms with Crippen molar-refractivity contribution in [1.29, 1.82) is 0 Å². The van der Waals surface area contributed by atoms with Gasteiger partial charge < -0.3 is 15.2 Å². The van der Waals surface area contributed by atoms with Crippen LogP contribution < -0.4 is 10.1 Å². The third kappa shape index (κ3) is 4.07. The van der Waals surface area contributed by atoms with Gasteiger partial charge in [0, 0.05) is 5.69 Å². The number of aromatic carboxylic acids is 1. The average molecular weight is 285 g/mol. The molecule has 21 heavy (non-hydrogen) atoms. The molecule has 108 valence electrons. The first kappa shape index (κ1) is 14.6. The van der Waals surface area contributed by atoms with Crippen LogP contribution in [-0.4, -0.2) is 23.6 Å². The van der Waals surface area contributed by atoms with Gasteiger partial charge >= 0.3 is 5.97 Å². The first-order valence-corrected chi connectivity index (χ1v) is 6.38. The highest BCUT2D eigenvalue weighted by molar-refractivity contribution is 5.95. The summed E-state index contributed by atoms with van der Waals surface area (Å²) in [5, 5.41) is 11.6. The van der Waals surface area contributed by atoms with Crippen LogP contribution in [0.15, 0.2) is 48.5 Å². The summed E-state index contributed by atoms with van der Waals surface area (Å²) in [6, 6.07) is 13.7. The lowest BCUT2D eigenvalue weighted by molar-refractivity contribution is -0.118. The molecule has 2 aromatic carbocycles. The van der Waals surface area contributed by atoms with Crippen LogP contribution in [0.4, 0.5) is 5.69 Å². The van der Waals surface area contributed by atoms with Gasteiger partial charge in [-0.15, -0.1) is 0 Å². The van der Waals surface area contributed by atoms with Crippen molar-refractivity contribution in [3.05, 3.63) is 59.7 Å². The molecule has 0 fully saturated rings. The maximum absolute atomic E-state index is 11.8. The zero-order valence-electron chi connectivity index (χ0n) is 11.5. The standard InChI is InChI=1S/C16H15NO4/c1-11-7-8-12(9-14(11)16(19)20)17-15(18)10-21-13-5-3-2-4-6-13/h2-9H,10H2,1H3,(H,17,18)(H,19,20). The van der Waals surface area contributed by atoms with Crippen molar-refractivity contribution in [3.8, 4) is 5.75 Å². The maximum atomic E-state index is 11.8. The third-order valence-electron chi connectivity index (χ3n) is 2.86. The van der Waals surface area contributed by atoms with E-state index in [0.717, 1.165) is 0 Å². The predicted octanol–water partition coefficient (Wildman–Crippen LogP) is 2.71. The summed E-state index contributed by atoms with van der Waals surface area (Å²) >= 11 is 0. The van der Waals surface area contributed by atoms with Gasteiger partial charge in [0.15, 0.2) is 6.61 Å². The number of hydrogen-bond acceptors (Lipinski definition) is 3. The molecule has 0 aliphatic heterocycles. The Morgan fingerprint density at radius 3 is 2.52 bits per heavy atom. The van der Waals surface area contributed by atoms with Crippen LogP contribution in [0.5, 0.6) is 5.75 Å². The molecule has 0 unspecified atom stereocenters. The van der Waals surface area contributed by atoms with E-state index in [1.54, 1.807) is 31.2 Å². The number of nitrogens with one attached hydrogen (secondary N) is 1. The SMILES string of the molecule is Cc1ccc(NC(=O)COc2ccccc2)cc1C(=O)O. The highest BCUT2D eigenvalue weighted by Crippen LogP contribution is 2.15. The van der Waals surface area contributed by atoms with Gasteiger partial charge in [-0.1, -0.05) is 24.3 Å². The van der Waals surface area contributed by atoms with Crippen LogP contribution >= 0.6 is 0 Å².